The van der Waals surface area contributed by atoms with Crippen LogP contribution in [-0.4, -0.2) is 22.4 Å². The van der Waals surface area contributed by atoms with Crippen LogP contribution in [-0.2, 0) is 0 Å². The minimum absolute atomic E-state index is 0.0628. The highest BCUT2D eigenvalue weighted by Crippen LogP contribution is 2.87. The summed E-state index contributed by atoms with van der Waals surface area (Å²) in [5, 5.41) is 20.6. The van der Waals surface area contributed by atoms with E-state index >= 15 is 0 Å². The average molecular weight is 192 g/mol. The Hall–Kier alpha value is -0.0800. The molecule has 2 nitrogen and oxygen atoms in total. The van der Waals surface area contributed by atoms with Crippen molar-refractivity contribution < 1.29 is 10.2 Å². The molecule has 0 saturated heterocycles. The molecular weight excluding hydrogens is 176 g/mol. The predicted octanol–water partition coefficient (Wildman–Crippen LogP) is 0.486. The van der Waals surface area contributed by atoms with Crippen molar-refractivity contribution in [1.29, 1.82) is 0 Å². The van der Waals surface area contributed by atoms with Crippen LogP contribution in [0.2, 0.25) is 0 Å². The molecule has 5 aliphatic rings. The number of fused-ring (bicyclic) bond motifs is 2. The van der Waals surface area contributed by atoms with Gasteiger partial charge in [0.15, 0.2) is 0 Å². The van der Waals surface area contributed by atoms with Gasteiger partial charge in [-0.1, -0.05) is 6.92 Å². The molecule has 0 spiro atoms. The number of rotatable bonds is 0. The van der Waals surface area contributed by atoms with Crippen LogP contribution in [0.5, 0.6) is 0 Å². The molecular formula is C12H16O2. The summed E-state index contributed by atoms with van der Waals surface area (Å²) in [6.45, 7) is 2.24. The van der Waals surface area contributed by atoms with Crippen LogP contribution < -0.4 is 0 Å². The van der Waals surface area contributed by atoms with Crippen LogP contribution >= 0.6 is 0 Å². The van der Waals surface area contributed by atoms with E-state index in [1.807, 2.05) is 0 Å². The van der Waals surface area contributed by atoms with Crippen molar-refractivity contribution in [2.24, 2.45) is 46.8 Å². The van der Waals surface area contributed by atoms with Crippen LogP contribution in [0.25, 0.3) is 0 Å². The third-order valence-electron chi connectivity index (χ3n) is 6.96. The van der Waals surface area contributed by atoms with Gasteiger partial charge in [0.25, 0.3) is 0 Å². The van der Waals surface area contributed by atoms with Crippen molar-refractivity contribution in [2.75, 3.05) is 0 Å². The Kier molecular flexibility index (Phi) is 0.825. The Morgan fingerprint density at radius 1 is 1.00 bits per heavy atom. The van der Waals surface area contributed by atoms with Crippen molar-refractivity contribution >= 4 is 0 Å². The van der Waals surface area contributed by atoms with E-state index in [0.717, 1.165) is 23.7 Å². The van der Waals surface area contributed by atoms with Crippen LogP contribution in [0.15, 0.2) is 0 Å². The van der Waals surface area contributed by atoms with E-state index in [1.165, 1.54) is 6.42 Å². The Morgan fingerprint density at radius 2 is 1.79 bits per heavy atom. The molecule has 5 rings (SSSR count). The van der Waals surface area contributed by atoms with Crippen LogP contribution in [0, 0.1) is 46.8 Å². The molecule has 2 bridgehead atoms. The molecule has 0 aliphatic heterocycles. The van der Waals surface area contributed by atoms with E-state index in [9.17, 15) is 10.2 Å². The van der Waals surface area contributed by atoms with Crippen molar-refractivity contribution in [3.05, 3.63) is 0 Å². The normalized spacial score (nSPS) is 85.5. The molecule has 2 heteroatoms. The lowest BCUT2D eigenvalue weighted by Gasteiger charge is -2.57. The second kappa shape index (κ2) is 1.60. The van der Waals surface area contributed by atoms with Crippen LogP contribution in [0.1, 0.15) is 13.3 Å². The van der Waals surface area contributed by atoms with Gasteiger partial charge < -0.3 is 10.2 Å². The highest BCUT2D eigenvalue weighted by Gasteiger charge is 2.87. The molecule has 5 saturated carbocycles. The van der Waals surface area contributed by atoms with Gasteiger partial charge >= 0.3 is 0 Å². The van der Waals surface area contributed by atoms with Gasteiger partial charge in [-0.15, -0.1) is 0 Å². The Bertz CT molecular complexity index is 348. The molecule has 5 aliphatic carbocycles. The quantitative estimate of drug-likeness (QED) is 0.586. The van der Waals surface area contributed by atoms with E-state index < -0.39 is 0 Å². The fraction of sp³-hybridized carbons (Fsp3) is 1.00. The number of aliphatic hydroxyl groups is 2. The molecule has 10 atom stereocenters. The highest BCUT2D eigenvalue weighted by molar-refractivity contribution is 5.35. The summed E-state index contributed by atoms with van der Waals surface area (Å²) in [5.74, 6) is 4.58. The summed E-state index contributed by atoms with van der Waals surface area (Å²) in [7, 11) is 0. The maximum absolute atomic E-state index is 10.4. The molecule has 14 heavy (non-hydrogen) atoms. The molecule has 0 aromatic heterocycles. The minimum atomic E-state index is -0.0837. The van der Waals surface area contributed by atoms with E-state index in [-0.39, 0.29) is 17.6 Å². The molecule has 5 fully saturated rings. The SMILES string of the molecule is C[C@@]12C3[C@@H]4[C@H]5C[C@H]([C@H]([C@H]5[C@H]3O)[C@@H]1O)[C@@H]42. The first-order chi connectivity index (χ1) is 6.67. The fourth-order valence-electron chi connectivity index (χ4n) is 7.00. The molecule has 0 heterocycles. The predicted molar refractivity (Wildman–Crippen MR) is 49.2 cm³/mol. The zero-order valence-electron chi connectivity index (χ0n) is 8.30. The smallest absolute Gasteiger partial charge is 0.0634 e. The van der Waals surface area contributed by atoms with Crippen molar-refractivity contribution in [2.45, 2.75) is 25.6 Å². The lowest BCUT2D eigenvalue weighted by atomic mass is 9.49. The largest absolute Gasteiger partial charge is 0.392 e. The van der Waals surface area contributed by atoms with Gasteiger partial charge in [-0.2, -0.15) is 0 Å². The van der Waals surface area contributed by atoms with Crippen molar-refractivity contribution in [3.63, 3.8) is 0 Å². The zero-order chi connectivity index (χ0) is 9.40. The number of aliphatic hydroxyl groups excluding tert-OH is 2. The minimum Gasteiger partial charge on any atom is -0.392 e. The molecule has 0 aromatic rings. The summed E-state index contributed by atoms with van der Waals surface area (Å²) < 4.78 is 0. The standard InChI is InChI=1S/C12H16O2/c1-12-8-4-2-3-5(6(4)11(12)14)10(13)9(12)7(3)8/h3-11,13-14H,2H2,1H3/t3-,4+,5-,6+,7+,8-,9?,10+,11-,12+/m0/s1. The fourth-order valence-corrected chi connectivity index (χ4v) is 7.00. The Morgan fingerprint density at radius 3 is 2.57 bits per heavy atom. The maximum Gasteiger partial charge on any atom is 0.0634 e. The Labute approximate surface area is 83.3 Å². The summed E-state index contributed by atoms with van der Waals surface area (Å²) in [4.78, 5) is 0. The van der Waals surface area contributed by atoms with Gasteiger partial charge in [-0.05, 0) is 47.8 Å². The first-order valence-corrected chi connectivity index (χ1v) is 6.03. The summed E-state index contributed by atoms with van der Waals surface area (Å²) in [5.41, 5.74) is 0.112. The molecule has 1 unspecified atom stereocenters. The van der Waals surface area contributed by atoms with Gasteiger partial charge in [0.1, 0.15) is 0 Å². The number of hydrogen-bond acceptors (Lipinski definition) is 2. The van der Waals surface area contributed by atoms with E-state index in [2.05, 4.69) is 6.92 Å². The Balaban J connectivity index is 1.85. The highest BCUT2D eigenvalue weighted by atomic mass is 16.3. The monoisotopic (exact) mass is 192 g/mol. The summed E-state index contributed by atoms with van der Waals surface area (Å²) in [6.07, 6.45) is 1.18. The third kappa shape index (κ3) is 0.371. The summed E-state index contributed by atoms with van der Waals surface area (Å²) in [6, 6.07) is 0. The zero-order valence-corrected chi connectivity index (χ0v) is 8.30. The van der Waals surface area contributed by atoms with E-state index in [4.69, 9.17) is 0 Å². The lowest BCUT2D eigenvalue weighted by Crippen LogP contribution is -2.59. The van der Waals surface area contributed by atoms with Crippen molar-refractivity contribution in [3.8, 4) is 0 Å². The van der Waals surface area contributed by atoms with E-state index in [0.29, 0.717) is 17.8 Å². The van der Waals surface area contributed by atoms with Crippen LogP contribution in [0.3, 0.4) is 0 Å². The van der Waals surface area contributed by atoms with Crippen LogP contribution in [0.4, 0.5) is 0 Å². The second-order valence-electron chi connectivity index (χ2n) is 6.65. The first-order valence-electron chi connectivity index (χ1n) is 6.03. The molecule has 0 aromatic carbocycles. The molecule has 0 amide bonds. The third-order valence-corrected chi connectivity index (χ3v) is 6.96. The van der Waals surface area contributed by atoms with Crippen molar-refractivity contribution in [1.82, 2.24) is 0 Å². The second-order valence-corrected chi connectivity index (χ2v) is 6.65. The molecule has 2 N–H and O–H groups in total. The van der Waals surface area contributed by atoms with E-state index in [1.54, 1.807) is 0 Å². The summed E-state index contributed by atoms with van der Waals surface area (Å²) >= 11 is 0. The van der Waals surface area contributed by atoms with Gasteiger partial charge in [0.2, 0.25) is 0 Å². The molecule has 0 radical (unpaired) electrons. The maximum atomic E-state index is 10.4. The lowest BCUT2D eigenvalue weighted by molar-refractivity contribution is -0.178. The van der Waals surface area contributed by atoms with Gasteiger partial charge in [0, 0.05) is 5.41 Å². The van der Waals surface area contributed by atoms with Gasteiger partial charge in [0.05, 0.1) is 12.2 Å². The van der Waals surface area contributed by atoms with Gasteiger partial charge in [-0.3, -0.25) is 0 Å². The van der Waals surface area contributed by atoms with Gasteiger partial charge in [-0.25, -0.2) is 0 Å². The average Bonchev–Trinajstić information content (AvgIpc) is 2.67. The first kappa shape index (κ1) is 7.24. The topological polar surface area (TPSA) is 40.5 Å². The molecule has 76 valence electrons. The number of hydrogen-bond donors (Lipinski definition) is 2.